The number of halogens is 5. The molecule has 0 atom stereocenters. The normalized spacial score (nSPS) is 28.9. The molecule has 0 aliphatic heterocycles. The zero-order valence-corrected chi connectivity index (χ0v) is 25.8. The van der Waals surface area contributed by atoms with Gasteiger partial charge in [0.1, 0.15) is 17.4 Å². The van der Waals surface area contributed by atoms with Gasteiger partial charge in [-0.05, 0) is 136 Å². The van der Waals surface area contributed by atoms with E-state index >= 15 is 4.39 Å². The Morgan fingerprint density at radius 3 is 2.00 bits per heavy atom. The Bertz CT molecular complexity index is 1150. The predicted molar refractivity (Wildman–Crippen MR) is 162 cm³/mol. The number of rotatable bonds is 10. The van der Waals surface area contributed by atoms with Crippen LogP contribution < -0.4 is 4.74 Å². The highest BCUT2D eigenvalue weighted by Crippen LogP contribution is 2.47. The summed E-state index contributed by atoms with van der Waals surface area (Å²) in [5.41, 5.74) is 2.04. The summed E-state index contributed by atoms with van der Waals surface area (Å²) in [4.78, 5) is 0. The van der Waals surface area contributed by atoms with Gasteiger partial charge in [-0.1, -0.05) is 56.3 Å². The van der Waals surface area contributed by atoms with Gasteiger partial charge in [0.2, 0.25) is 0 Å². The van der Waals surface area contributed by atoms with Gasteiger partial charge in [0, 0.05) is 6.07 Å². The third kappa shape index (κ3) is 7.85. The van der Waals surface area contributed by atoms with Crippen molar-refractivity contribution in [3.8, 4) is 5.75 Å². The molecule has 42 heavy (non-hydrogen) atoms. The van der Waals surface area contributed by atoms with Crippen molar-refractivity contribution in [1.29, 1.82) is 0 Å². The molecule has 1 nitrogen and oxygen atoms in total. The monoisotopic (exact) mass is 606 g/mol. The second-order valence-corrected chi connectivity index (χ2v) is 13.9. The second-order valence-electron chi connectivity index (χ2n) is 13.5. The number of ether oxygens (including phenoxy) is 1. The highest BCUT2D eigenvalue weighted by molar-refractivity contribution is 6.30. The lowest BCUT2D eigenvalue weighted by molar-refractivity contribution is -0.224. The minimum Gasteiger partial charge on any atom is -0.432 e. The number of hydrogen-bond acceptors (Lipinski definition) is 1. The molecular weight excluding hydrogens is 560 g/mol. The third-order valence-corrected chi connectivity index (χ3v) is 11.1. The molecule has 0 unspecified atom stereocenters. The Kier molecular flexibility index (Phi) is 10.8. The quantitative estimate of drug-likeness (QED) is 0.193. The largest absolute Gasteiger partial charge is 0.432 e. The molecule has 6 heteroatoms. The standard InChI is InChI=1S/C36H47ClF4O/c1-2-3-4-5-24-6-8-27(9-7-24)29-16-20-32(34(38)22-29)28-12-10-25(11-13-28)26-14-17-30(18-15-26)36(40,41)42-31-19-21-33(37)35(39)23-31/h16,19-28,30H,2-15,17-18H2,1H3. The van der Waals surface area contributed by atoms with Gasteiger partial charge in [0.05, 0.1) is 10.9 Å². The number of benzene rings is 2. The molecule has 0 N–H and O–H groups in total. The molecule has 2 aromatic rings. The van der Waals surface area contributed by atoms with Crippen LogP contribution in [0.25, 0.3) is 0 Å². The minimum atomic E-state index is -3.35. The smallest absolute Gasteiger partial charge is 0.400 e. The molecule has 3 fully saturated rings. The van der Waals surface area contributed by atoms with E-state index in [9.17, 15) is 13.2 Å². The van der Waals surface area contributed by atoms with Crippen LogP contribution in [0.1, 0.15) is 133 Å². The van der Waals surface area contributed by atoms with Crippen molar-refractivity contribution >= 4 is 11.6 Å². The Hall–Kier alpha value is -1.75. The van der Waals surface area contributed by atoms with E-state index in [4.69, 9.17) is 16.3 Å². The lowest BCUT2D eigenvalue weighted by Gasteiger charge is -2.39. The van der Waals surface area contributed by atoms with Crippen LogP contribution in [0.5, 0.6) is 5.75 Å². The van der Waals surface area contributed by atoms with Gasteiger partial charge in [0.15, 0.2) is 0 Å². The summed E-state index contributed by atoms with van der Waals surface area (Å²) in [7, 11) is 0. The average molecular weight is 607 g/mol. The summed E-state index contributed by atoms with van der Waals surface area (Å²) in [6.45, 7) is 2.26. The summed E-state index contributed by atoms with van der Waals surface area (Å²) >= 11 is 5.66. The maximum Gasteiger partial charge on any atom is 0.400 e. The molecular formula is C36H47ClF4O. The SMILES string of the molecule is CCCCCC1CCC(c2ccc(C3CCC(C4CCC(C(F)(F)Oc5ccc(Cl)c(F)c5)CC4)CC3)c(F)c2)CC1. The fourth-order valence-electron chi connectivity index (χ4n) is 8.20. The fraction of sp³-hybridized carbons (Fsp3) is 0.667. The topological polar surface area (TPSA) is 9.23 Å². The van der Waals surface area contributed by atoms with Crippen molar-refractivity contribution < 1.29 is 22.3 Å². The van der Waals surface area contributed by atoms with E-state index in [1.54, 1.807) is 0 Å². The second kappa shape index (κ2) is 14.4. The summed E-state index contributed by atoms with van der Waals surface area (Å²) in [5, 5.41) is -0.119. The van der Waals surface area contributed by atoms with Crippen LogP contribution in [0.15, 0.2) is 36.4 Å². The molecule has 3 saturated carbocycles. The number of hydrogen-bond donors (Lipinski definition) is 0. The Labute approximate surface area is 254 Å². The van der Waals surface area contributed by atoms with E-state index in [2.05, 4.69) is 19.1 Å². The van der Waals surface area contributed by atoms with Gasteiger partial charge in [-0.2, -0.15) is 8.78 Å². The molecule has 3 aliphatic rings. The van der Waals surface area contributed by atoms with E-state index in [1.807, 2.05) is 6.07 Å². The van der Waals surface area contributed by atoms with E-state index < -0.39 is 17.8 Å². The molecule has 2 aromatic carbocycles. The van der Waals surface area contributed by atoms with Crippen molar-refractivity contribution in [2.24, 2.45) is 23.7 Å². The molecule has 0 spiro atoms. The van der Waals surface area contributed by atoms with Gasteiger partial charge in [-0.3, -0.25) is 0 Å². The van der Waals surface area contributed by atoms with Gasteiger partial charge < -0.3 is 4.74 Å². The average Bonchev–Trinajstić information content (AvgIpc) is 2.99. The summed E-state index contributed by atoms with van der Waals surface area (Å²) in [6.07, 6.45) is 13.1. The van der Waals surface area contributed by atoms with Gasteiger partial charge in [-0.25, -0.2) is 8.78 Å². The lowest BCUT2D eigenvalue weighted by Crippen LogP contribution is -2.38. The Morgan fingerprint density at radius 1 is 0.738 bits per heavy atom. The zero-order chi connectivity index (χ0) is 29.7. The van der Waals surface area contributed by atoms with Gasteiger partial charge in [-0.15, -0.1) is 0 Å². The van der Waals surface area contributed by atoms with Crippen LogP contribution >= 0.6 is 11.6 Å². The van der Waals surface area contributed by atoms with Crippen molar-refractivity contribution in [2.45, 2.75) is 128 Å². The molecule has 3 aliphatic carbocycles. The first kappa shape index (κ1) is 31.7. The predicted octanol–water partition coefficient (Wildman–Crippen LogP) is 12.2. The van der Waals surface area contributed by atoms with Crippen molar-refractivity contribution in [3.63, 3.8) is 0 Å². The first-order valence-corrected chi connectivity index (χ1v) is 16.9. The van der Waals surface area contributed by atoms with Gasteiger partial charge >= 0.3 is 6.11 Å². The number of alkyl halides is 2. The molecule has 0 bridgehead atoms. The van der Waals surface area contributed by atoms with E-state index in [0.717, 1.165) is 56.1 Å². The number of unbranched alkanes of at least 4 members (excludes halogenated alkanes) is 2. The van der Waals surface area contributed by atoms with Crippen LogP contribution in [0.4, 0.5) is 17.6 Å². The summed E-state index contributed by atoms with van der Waals surface area (Å²) in [5.74, 6) is 0.644. The first-order valence-electron chi connectivity index (χ1n) is 16.5. The van der Waals surface area contributed by atoms with Crippen LogP contribution in [0.3, 0.4) is 0 Å². The highest BCUT2D eigenvalue weighted by atomic mass is 35.5. The fourth-order valence-corrected chi connectivity index (χ4v) is 8.32. The van der Waals surface area contributed by atoms with Crippen molar-refractivity contribution in [3.05, 3.63) is 64.2 Å². The van der Waals surface area contributed by atoms with Crippen LogP contribution in [-0.2, 0) is 0 Å². The summed E-state index contributed by atoms with van der Waals surface area (Å²) in [6, 6.07) is 9.50. The third-order valence-electron chi connectivity index (χ3n) is 10.8. The van der Waals surface area contributed by atoms with Crippen molar-refractivity contribution in [2.75, 3.05) is 0 Å². The van der Waals surface area contributed by atoms with E-state index in [-0.39, 0.29) is 22.5 Å². The van der Waals surface area contributed by atoms with E-state index in [0.29, 0.717) is 30.6 Å². The molecule has 5 rings (SSSR count). The molecule has 0 heterocycles. The molecule has 0 amide bonds. The highest BCUT2D eigenvalue weighted by Gasteiger charge is 2.45. The van der Waals surface area contributed by atoms with Crippen LogP contribution in [0.2, 0.25) is 5.02 Å². The van der Waals surface area contributed by atoms with E-state index in [1.165, 1.54) is 69.1 Å². The Balaban J connectivity index is 1.07. The molecule has 0 aromatic heterocycles. The first-order chi connectivity index (χ1) is 20.2. The van der Waals surface area contributed by atoms with Crippen LogP contribution in [0, 0.1) is 35.3 Å². The van der Waals surface area contributed by atoms with Gasteiger partial charge in [0.25, 0.3) is 0 Å². The van der Waals surface area contributed by atoms with Crippen LogP contribution in [-0.4, -0.2) is 6.11 Å². The zero-order valence-electron chi connectivity index (χ0n) is 25.0. The Morgan fingerprint density at radius 2 is 1.38 bits per heavy atom. The maximum atomic E-state index is 15.4. The van der Waals surface area contributed by atoms with Crippen molar-refractivity contribution in [1.82, 2.24) is 0 Å². The molecule has 0 radical (unpaired) electrons. The molecule has 0 saturated heterocycles. The molecule has 232 valence electrons. The lowest BCUT2D eigenvalue weighted by atomic mass is 9.68. The summed E-state index contributed by atoms with van der Waals surface area (Å²) < 4.78 is 63.7. The minimum absolute atomic E-state index is 0.0377. The maximum absolute atomic E-state index is 15.4.